The molecule has 2 aromatic carbocycles. The van der Waals surface area contributed by atoms with Gasteiger partial charge in [-0.1, -0.05) is 48.4 Å². The van der Waals surface area contributed by atoms with E-state index in [9.17, 15) is 4.91 Å². The predicted octanol–water partition coefficient (Wildman–Crippen LogP) is 3.34. The summed E-state index contributed by atoms with van der Waals surface area (Å²) in [5, 5.41) is 3.21. The summed E-state index contributed by atoms with van der Waals surface area (Å²) in [5.74, 6) is 3.22. The first-order valence-corrected chi connectivity index (χ1v) is 5.79. The maximum atomic E-state index is 11.4. The summed E-state index contributed by atoms with van der Waals surface area (Å²) in [5.41, 5.74) is 0.0303. The average Bonchev–Trinajstić information content (AvgIpc) is 2.51. The Kier molecular flexibility index (Phi) is 3.63. The highest BCUT2D eigenvalue weighted by Crippen LogP contribution is 2.33. The van der Waals surface area contributed by atoms with E-state index in [4.69, 9.17) is 11.2 Å². The van der Waals surface area contributed by atoms with Gasteiger partial charge in [0.05, 0.1) is 7.11 Å². The maximum absolute atomic E-state index is 11.4. The molecular weight excluding hydrogens is 238 g/mol. The van der Waals surface area contributed by atoms with Crippen LogP contribution in [0, 0.1) is 17.3 Å². The van der Waals surface area contributed by atoms with Gasteiger partial charge in [-0.3, -0.25) is 0 Å². The molecule has 94 valence electrons. The van der Waals surface area contributed by atoms with Crippen molar-refractivity contribution in [1.82, 2.24) is 0 Å². The molecule has 0 aliphatic carbocycles. The minimum absolute atomic E-state index is 0.650. The van der Waals surface area contributed by atoms with Crippen LogP contribution >= 0.6 is 0 Å². The average molecular weight is 251 g/mol. The molecule has 3 nitrogen and oxygen atoms in total. The third-order valence-electron chi connectivity index (χ3n) is 3.05. The second kappa shape index (κ2) is 5.36. The third-order valence-corrected chi connectivity index (χ3v) is 3.05. The van der Waals surface area contributed by atoms with Crippen molar-refractivity contribution in [1.29, 1.82) is 0 Å². The lowest BCUT2D eigenvalue weighted by atomic mass is 9.84. The summed E-state index contributed by atoms with van der Waals surface area (Å²) in [6.45, 7) is 0. The van der Waals surface area contributed by atoms with E-state index in [0.29, 0.717) is 16.9 Å². The molecule has 0 saturated heterocycles. The van der Waals surface area contributed by atoms with Gasteiger partial charge in [0.1, 0.15) is 5.75 Å². The summed E-state index contributed by atoms with van der Waals surface area (Å²) >= 11 is 0. The monoisotopic (exact) mass is 251 g/mol. The Morgan fingerprint density at radius 1 is 1.05 bits per heavy atom. The molecule has 0 aromatic heterocycles. The van der Waals surface area contributed by atoms with Gasteiger partial charge in [-0.05, 0) is 22.9 Å². The minimum atomic E-state index is -1.30. The van der Waals surface area contributed by atoms with Crippen molar-refractivity contribution in [3.63, 3.8) is 0 Å². The third kappa shape index (κ3) is 2.21. The number of methoxy groups -OCH3 is 1. The molecule has 0 bridgehead atoms. The highest BCUT2D eigenvalue weighted by Gasteiger charge is 2.33. The Labute approximate surface area is 112 Å². The lowest BCUT2D eigenvalue weighted by molar-refractivity contribution is 0.414. The van der Waals surface area contributed by atoms with E-state index >= 15 is 0 Å². The van der Waals surface area contributed by atoms with E-state index in [2.05, 4.69) is 11.1 Å². The van der Waals surface area contributed by atoms with Crippen molar-refractivity contribution in [2.24, 2.45) is 5.18 Å². The van der Waals surface area contributed by atoms with Crippen LogP contribution in [0.15, 0.2) is 59.8 Å². The van der Waals surface area contributed by atoms with E-state index in [1.807, 2.05) is 18.2 Å². The molecule has 0 heterocycles. The Hall–Kier alpha value is -2.60. The normalized spacial score (nSPS) is 13.1. The minimum Gasteiger partial charge on any atom is -0.497 e. The van der Waals surface area contributed by atoms with Gasteiger partial charge < -0.3 is 4.74 Å². The summed E-state index contributed by atoms with van der Waals surface area (Å²) in [7, 11) is 1.58. The molecule has 0 N–H and O–H groups in total. The zero-order valence-electron chi connectivity index (χ0n) is 10.5. The molecular formula is C16H13NO2. The highest BCUT2D eigenvalue weighted by molar-refractivity contribution is 5.47. The Morgan fingerprint density at radius 3 is 2.11 bits per heavy atom. The second-order valence-electron chi connectivity index (χ2n) is 4.04. The number of nitroso groups, excluding NO2 is 1. The highest BCUT2D eigenvalue weighted by atomic mass is 16.5. The van der Waals surface area contributed by atoms with E-state index < -0.39 is 5.54 Å². The molecule has 0 fully saturated rings. The molecule has 19 heavy (non-hydrogen) atoms. The number of terminal acetylenes is 1. The molecule has 2 aromatic rings. The van der Waals surface area contributed by atoms with Crippen LogP contribution in [-0.4, -0.2) is 7.11 Å². The van der Waals surface area contributed by atoms with Crippen LogP contribution < -0.4 is 4.74 Å². The number of hydrogen-bond acceptors (Lipinski definition) is 3. The zero-order chi connectivity index (χ0) is 13.7. The van der Waals surface area contributed by atoms with Gasteiger partial charge in [-0.25, -0.2) is 0 Å². The fourth-order valence-corrected chi connectivity index (χ4v) is 1.98. The topological polar surface area (TPSA) is 38.7 Å². The smallest absolute Gasteiger partial charge is 0.212 e. The number of benzene rings is 2. The quantitative estimate of drug-likeness (QED) is 0.617. The zero-order valence-corrected chi connectivity index (χ0v) is 10.5. The van der Waals surface area contributed by atoms with Gasteiger partial charge in [0, 0.05) is 5.56 Å². The molecule has 0 aliphatic heterocycles. The first-order valence-electron chi connectivity index (χ1n) is 5.79. The van der Waals surface area contributed by atoms with Crippen molar-refractivity contribution >= 4 is 0 Å². The van der Waals surface area contributed by atoms with Crippen molar-refractivity contribution in [3.8, 4) is 18.1 Å². The Bertz CT molecular complexity index is 599. The van der Waals surface area contributed by atoms with Crippen molar-refractivity contribution in [2.75, 3.05) is 7.11 Å². The number of ether oxygens (including phenoxy) is 1. The first-order chi connectivity index (χ1) is 9.26. The van der Waals surface area contributed by atoms with Crippen molar-refractivity contribution in [3.05, 3.63) is 70.6 Å². The largest absolute Gasteiger partial charge is 0.497 e. The van der Waals surface area contributed by atoms with E-state index in [1.165, 1.54) is 0 Å². The van der Waals surface area contributed by atoms with Gasteiger partial charge in [-0.2, -0.15) is 0 Å². The van der Waals surface area contributed by atoms with E-state index in [-0.39, 0.29) is 0 Å². The first kappa shape index (κ1) is 12.8. The van der Waals surface area contributed by atoms with Crippen LogP contribution in [0.25, 0.3) is 0 Å². The molecule has 0 radical (unpaired) electrons. The van der Waals surface area contributed by atoms with Gasteiger partial charge in [0.25, 0.3) is 0 Å². The van der Waals surface area contributed by atoms with Gasteiger partial charge in [-0.15, -0.1) is 11.3 Å². The molecule has 0 aliphatic rings. The van der Waals surface area contributed by atoms with Crippen molar-refractivity contribution in [2.45, 2.75) is 5.54 Å². The summed E-state index contributed by atoms with van der Waals surface area (Å²) in [4.78, 5) is 11.4. The van der Waals surface area contributed by atoms with E-state index in [1.54, 1.807) is 43.5 Å². The van der Waals surface area contributed by atoms with Crippen LogP contribution in [0.2, 0.25) is 0 Å². The van der Waals surface area contributed by atoms with E-state index in [0.717, 1.165) is 0 Å². The molecule has 0 spiro atoms. The fourth-order valence-electron chi connectivity index (χ4n) is 1.98. The summed E-state index contributed by atoms with van der Waals surface area (Å²) in [6, 6.07) is 16.2. The predicted molar refractivity (Wildman–Crippen MR) is 74.8 cm³/mol. The molecule has 0 amide bonds. The fraction of sp³-hybridized carbons (Fsp3) is 0.125. The second-order valence-corrected chi connectivity index (χ2v) is 4.04. The summed E-state index contributed by atoms with van der Waals surface area (Å²) < 4.78 is 5.09. The molecule has 3 heteroatoms. The Morgan fingerprint density at radius 2 is 1.63 bits per heavy atom. The maximum Gasteiger partial charge on any atom is 0.212 e. The van der Waals surface area contributed by atoms with Gasteiger partial charge >= 0.3 is 0 Å². The molecule has 1 atom stereocenters. The number of hydrogen-bond donors (Lipinski definition) is 0. The van der Waals surface area contributed by atoms with Crippen LogP contribution in [-0.2, 0) is 5.54 Å². The molecule has 0 saturated carbocycles. The molecule has 2 rings (SSSR count). The lowest BCUT2D eigenvalue weighted by Crippen LogP contribution is -2.22. The van der Waals surface area contributed by atoms with Crippen LogP contribution in [0.4, 0.5) is 0 Å². The number of rotatable bonds is 4. The van der Waals surface area contributed by atoms with Crippen LogP contribution in [0.1, 0.15) is 11.1 Å². The van der Waals surface area contributed by atoms with Crippen LogP contribution in [0.5, 0.6) is 5.75 Å². The standard InChI is InChI=1S/C16H13NO2/c1-3-16(17-18,13-7-5-4-6-8-13)14-9-11-15(19-2)12-10-14/h1,4-12H,2H3. The SMILES string of the molecule is C#CC(N=O)(c1ccccc1)c1ccc(OC)cc1. The van der Waals surface area contributed by atoms with Gasteiger partial charge in [0.2, 0.25) is 5.54 Å². The number of nitrogens with zero attached hydrogens (tertiary/aromatic N) is 1. The molecule has 1 unspecified atom stereocenters. The van der Waals surface area contributed by atoms with Crippen LogP contribution in [0.3, 0.4) is 0 Å². The van der Waals surface area contributed by atoms with Gasteiger partial charge in [0.15, 0.2) is 0 Å². The summed E-state index contributed by atoms with van der Waals surface area (Å²) in [6.07, 6.45) is 5.58. The van der Waals surface area contributed by atoms with Crippen molar-refractivity contribution < 1.29 is 4.74 Å². The lowest BCUT2D eigenvalue weighted by Gasteiger charge is -2.21. The Balaban J connectivity index is 2.57.